The minimum absolute atomic E-state index is 0.0518. The molecule has 0 atom stereocenters. The highest BCUT2D eigenvalue weighted by Crippen LogP contribution is 2.28. The topological polar surface area (TPSA) is 118 Å². The van der Waals surface area contributed by atoms with Crippen molar-refractivity contribution in [1.82, 2.24) is 29.8 Å². The van der Waals surface area contributed by atoms with Crippen molar-refractivity contribution in [2.24, 2.45) is 7.05 Å². The fraction of sp³-hybridized carbons (Fsp3) is 0.333. The number of aryl methyl sites for hydroxylation is 3. The molecule has 0 amide bonds. The third-order valence-electron chi connectivity index (χ3n) is 3.32. The minimum Gasteiger partial charge on any atom is -0.419 e. The van der Waals surface area contributed by atoms with Crippen LogP contribution in [0.2, 0.25) is 0 Å². The van der Waals surface area contributed by atoms with Crippen molar-refractivity contribution in [1.29, 1.82) is 0 Å². The van der Waals surface area contributed by atoms with Gasteiger partial charge < -0.3 is 4.42 Å². The number of nitrogens with zero attached hydrogens (tertiary/aromatic N) is 7. The third-order valence-corrected chi connectivity index (χ3v) is 4.26. The average molecular weight is 382 g/mol. The van der Waals surface area contributed by atoms with Gasteiger partial charge in [-0.2, -0.15) is 10.2 Å². The van der Waals surface area contributed by atoms with Crippen molar-refractivity contribution in [3.05, 3.63) is 38.6 Å². The van der Waals surface area contributed by atoms with E-state index in [1.165, 1.54) is 17.1 Å². The second-order valence-electron chi connectivity index (χ2n) is 4.84. The predicted octanol–water partition coefficient (Wildman–Crippen LogP) is 1.89. The zero-order chi connectivity index (χ0) is 16.6. The monoisotopic (exact) mass is 381 g/mol. The van der Waals surface area contributed by atoms with Gasteiger partial charge in [0.2, 0.25) is 5.89 Å². The van der Waals surface area contributed by atoms with E-state index in [1.54, 1.807) is 4.68 Å². The molecule has 0 fully saturated rings. The van der Waals surface area contributed by atoms with Gasteiger partial charge in [-0.05, 0) is 22.9 Å². The fourth-order valence-corrected chi connectivity index (χ4v) is 2.45. The molecule has 3 aromatic rings. The summed E-state index contributed by atoms with van der Waals surface area (Å²) in [5.41, 5.74) is 1.48. The quantitative estimate of drug-likeness (QED) is 0.488. The molecule has 0 radical (unpaired) electrons. The number of rotatable bonds is 5. The Balaban J connectivity index is 1.71. The minimum atomic E-state index is -0.491. The van der Waals surface area contributed by atoms with Crippen LogP contribution in [0.4, 0.5) is 5.69 Å². The van der Waals surface area contributed by atoms with Crippen molar-refractivity contribution >= 4 is 21.6 Å². The van der Waals surface area contributed by atoms with Crippen LogP contribution < -0.4 is 0 Å². The van der Waals surface area contributed by atoms with Gasteiger partial charge in [-0.1, -0.05) is 0 Å². The lowest BCUT2D eigenvalue weighted by molar-refractivity contribution is -0.385. The normalized spacial score (nSPS) is 11.1. The van der Waals surface area contributed by atoms with E-state index in [2.05, 4.69) is 36.3 Å². The van der Waals surface area contributed by atoms with Gasteiger partial charge in [-0.25, -0.2) is 0 Å². The smallest absolute Gasteiger partial charge is 0.306 e. The van der Waals surface area contributed by atoms with Gasteiger partial charge >= 0.3 is 5.69 Å². The number of hydrogen-bond donors (Lipinski definition) is 0. The molecule has 0 N–H and O–H groups in total. The van der Waals surface area contributed by atoms with E-state index in [4.69, 9.17) is 4.42 Å². The summed E-state index contributed by atoms with van der Waals surface area (Å²) >= 11 is 3.45. The summed E-state index contributed by atoms with van der Waals surface area (Å²) in [6.45, 7) is 2.32. The average Bonchev–Trinajstić information content (AvgIpc) is 3.22. The maximum absolute atomic E-state index is 10.6. The highest BCUT2D eigenvalue weighted by molar-refractivity contribution is 9.10. The van der Waals surface area contributed by atoms with E-state index in [-0.39, 0.29) is 5.69 Å². The summed E-state index contributed by atoms with van der Waals surface area (Å²) in [4.78, 5) is 10.1. The van der Waals surface area contributed by atoms with Gasteiger partial charge in [0.05, 0.1) is 15.1 Å². The number of aromatic nitrogens is 6. The Hall–Kier alpha value is -2.56. The van der Waals surface area contributed by atoms with Crippen LogP contribution in [0.1, 0.15) is 11.6 Å². The van der Waals surface area contributed by atoms with Crippen LogP contribution >= 0.6 is 15.9 Å². The van der Waals surface area contributed by atoms with E-state index in [0.717, 1.165) is 10.2 Å². The SMILES string of the molecule is Cc1c(Br)c(-c2nnc(CCn3cc([N+](=O)[O-])cn3)o2)nn1C. The molecule has 0 aliphatic carbocycles. The Kier molecular flexibility index (Phi) is 3.94. The summed E-state index contributed by atoms with van der Waals surface area (Å²) in [7, 11) is 1.82. The molecule has 0 aromatic carbocycles. The molecule has 10 nitrogen and oxygen atoms in total. The van der Waals surface area contributed by atoms with E-state index in [1.807, 2.05) is 14.0 Å². The van der Waals surface area contributed by atoms with E-state index in [0.29, 0.717) is 30.4 Å². The summed E-state index contributed by atoms with van der Waals surface area (Å²) in [6.07, 6.45) is 2.97. The fourth-order valence-electron chi connectivity index (χ4n) is 1.95. The number of nitro groups is 1. The van der Waals surface area contributed by atoms with Crippen LogP contribution in [0, 0.1) is 17.0 Å². The second kappa shape index (κ2) is 5.91. The van der Waals surface area contributed by atoms with Gasteiger partial charge in [0, 0.05) is 20.0 Å². The lowest BCUT2D eigenvalue weighted by Gasteiger charge is -1.96. The van der Waals surface area contributed by atoms with Crippen LogP contribution in [-0.2, 0) is 20.0 Å². The summed E-state index contributed by atoms with van der Waals surface area (Å²) < 4.78 is 9.57. The molecule has 0 aliphatic rings. The van der Waals surface area contributed by atoms with Crippen LogP contribution in [0.3, 0.4) is 0 Å². The van der Waals surface area contributed by atoms with Crippen LogP contribution in [-0.4, -0.2) is 34.7 Å². The molecule has 0 saturated heterocycles. The van der Waals surface area contributed by atoms with Crippen LogP contribution in [0.25, 0.3) is 11.6 Å². The Labute approximate surface area is 138 Å². The lowest BCUT2D eigenvalue weighted by atomic mass is 10.4. The first-order valence-electron chi connectivity index (χ1n) is 6.64. The molecule has 120 valence electrons. The maximum atomic E-state index is 10.6. The predicted molar refractivity (Wildman–Crippen MR) is 81.5 cm³/mol. The standard InChI is InChI=1S/C12H12BrN7O3/c1-7-10(13)11(17-18(7)2)12-16-15-9(23-12)3-4-19-6-8(5-14-19)20(21)22/h5-6H,3-4H2,1-2H3. The zero-order valence-corrected chi connectivity index (χ0v) is 13.9. The maximum Gasteiger partial charge on any atom is 0.306 e. The molecule has 23 heavy (non-hydrogen) atoms. The molecule has 3 aromatic heterocycles. The van der Waals surface area contributed by atoms with E-state index < -0.39 is 4.92 Å². The second-order valence-corrected chi connectivity index (χ2v) is 5.63. The van der Waals surface area contributed by atoms with Crippen molar-refractivity contribution < 1.29 is 9.34 Å². The van der Waals surface area contributed by atoms with Crippen molar-refractivity contribution in [2.45, 2.75) is 19.9 Å². The van der Waals surface area contributed by atoms with Crippen molar-refractivity contribution in [3.63, 3.8) is 0 Å². The van der Waals surface area contributed by atoms with Crippen molar-refractivity contribution in [3.8, 4) is 11.6 Å². The molecule has 0 spiro atoms. The van der Waals surface area contributed by atoms with Gasteiger partial charge in [-0.15, -0.1) is 10.2 Å². The first-order chi connectivity index (χ1) is 11.0. The molecule has 0 unspecified atom stereocenters. The number of hydrogen-bond acceptors (Lipinski definition) is 7. The first kappa shape index (κ1) is 15.3. The number of halogens is 1. The van der Waals surface area contributed by atoms with E-state index >= 15 is 0 Å². The first-order valence-corrected chi connectivity index (χ1v) is 7.43. The van der Waals surface area contributed by atoms with E-state index in [9.17, 15) is 10.1 Å². The highest BCUT2D eigenvalue weighted by Gasteiger charge is 2.18. The zero-order valence-electron chi connectivity index (χ0n) is 12.3. The van der Waals surface area contributed by atoms with Gasteiger partial charge in [0.15, 0.2) is 5.69 Å². The van der Waals surface area contributed by atoms with Gasteiger partial charge in [0.1, 0.15) is 12.4 Å². The summed E-state index contributed by atoms with van der Waals surface area (Å²) in [6, 6.07) is 0. The molecule has 3 rings (SSSR count). The molecular formula is C12H12BrN7O3. The largest absolute Gasteiger partial charge is 0.419 e. The molecular weight excluding hydrogens is 370 g/mol. The summed E-state index contributed by atoms with van der Waals surface area (Å²) in [5, 5.41) is 26.8. The molecule has 0 bridgehead atoms. The molecule has 0 aliphatic heterocycles. The Morgan fingerprint density at radius 2 is 2.22 bits per heavy atom. The van der Waals surface area contributed by atoms with Crippen LogP contribution in [0.15, 0.2) is 21.3 Å². The van der Waals surface area contributed by atoms with Gasteiger partial charge in [-0.3, -0.25) is 19.5 Å². The highest BCUT2D eigenvalue weighted by atomic mass is 79.9. The van der Waals surface area contributed by atoms with Crippen molar-refractivity contribution in [2.75, 3.05) is 0 Å². The Morgan fingerprint density at radius 3 is 2.83 bits per heavy atom. The third kappa shape index (κ3) is 2.99. The Morgan fingerprint density at radius 1 is 1.43 bits per heavy atom. The lowest BCUT2D eigenvalue weighted by Crippen LogP contribution is -2.01. The van der Waals surface area contributed by atoms with Gasteiger partial charge in [0.25, 0.3) is 5.89 Å². The molecule has 0 saturated carbocycles. The summed E-state index contributed by atoms with van der Waals surface area (Å²) in [5.74, 6) is 0.732. The Bertz CT molecular complexity index is 866. The van der Waals surface area contributed by atoms with Crippen LogP contribution in [0.5, 0.6) is 0 Å². The molecule has 11 heteroatoms. The molecule has 3 heterocycles.